The van der Waals surface area contributed by atoms with Gasteiger partial charge in [0.1, 0.15) is 17.3 Å². The van der Waals surface area contributed by atoms with Gasteiger partial charge in [0, 0.05) is 168 Å². The van der Waals surface area contributed by atoms with Crippen LogP contribution in [0.3, 0.4) is 0 Å². The van der Waals surface area contributed by atoms with Gasteiger partial charge < -0.3 is 58.0 Å². The van der Waals surface area contributed by atoms with Crippen molar-refractivity contribution in [3.63, 3.8) is 0 Å². The molecule has 25 nitrogen and oxygen atoms in total. The zero-order valence-electron chi connectivity index (χ0n) is 88.5. The minimum Gasteiger partial charge on any atom is -0.523 e. The van der Waals surface area contributed by atoms with Crippen molar-refractivity contribution in [1.29, 1.82) is 0 Å². The van der Waals surface area contributed by atoms with Gasteiger partial charge >= 0.3 is 0 Å². The van der Waals surface area contributed by atoms with Gasteiger partial charge in [-0.15, -0.1) is 0 Å². The van der Waals surface area contributed by atoms with Crippen LogP contribution in [0.4, 0.5) is 0 Å². The Kier molecular flexibility index (Phi) is 26.8. The molecule has 0 unspecified atom stereocenters. The summed E-state index contributed by atoms with van der Waals surface area (Å²) in [5, 5.41) is 48.7. The molecule has 3 N–H and O–H groups in total. The van der Waals surface area contributed by atoms with Gasteiger partial charge in [-0.05, 0) is 198 Å². The van der Waals surface area contributed by atoms with Gasteiger partial charge in [-0.2, -0.15) is 20.4 Å². The van der Waals surface area contributed by atoms with Crippen molar-refractivity contribution in [2.45, 2.75) is 377 Å². The maximum atomic E-state index is 12.7. The number of hydrogen-bond donors (Lipinski definition) is 3. The van der Waals surface area contributed by atoms with Crippen LogP contribution in [0.15, 0.2) is 59.9 Å². The molecule has 12 fully saturated rings. The van der Waals surface area contributed by atoms with Gasteiger partial charge in [-0.3, -0.25) is 33.1 Å². The molecule has 15 atom stereocenters. The number of aromatic nitrogens is 8. The van der Waals surface area contributed by atoms with E-state index in [2.05, 4.69) is 186 Å². The first kappa shape index (κ1) is 102. The SMILES string of the molecule is CC1(C)[C@@H]2CC/C(=C\O)C(=O)[C@@]2(C)CCC12OCCO2.CC1(C)[C@@H]2CCCC(=O)[C@@]2(C)CCC12OCCO2.CC1(C)[C@@H]2CCC[C@H](O)[C@@]2(C)CCC12OCCO2.Cn1cc2c(n1)[C@@]1(C)CCC(=O)C(C)(C)[C@@H]1CC2.Cn1ncc2c1[C@@]1(C)CCC3(OCCO3)C(C)(C)[C@@H]1CC2.[3H]C.[C-]#[N+]C1=C(O)C(C)(C)[C@@H]2CCc3cn(C)nc3[C@@]2(C)C1.[C-]#[N+]C1=C[C@]2(C)c3nn(C)cc3CC[C@H]2C(C)(C)C1=O. The summed E-state index contributed by atoms with van der Waals surface area (Å²) >= 11 is 0. The van der Waals surface area contributed by atoms with Crippen molar-refractivity contribution in [3.8, 4) is 0 Å². The molecule has 4 aromatic rings. The molecule has 8 heterocycles. The van der Waals surface area contributed by atoms with Gasteiger partial charge in [-0.25, -0.2) is 9.69 Å². The fourth-order valence-electron chi connectivity index (χ4n) is 32.9. The van der Waals surface area contributed by atoms with Crippen LogP contribution in [0.1, 0.15) is 347 Å². The van der Waals surface area contributed by atoms with E-state index in [1.807, 2.05) is 62.0 Å². The standard InChI is InChI=1S/C17H26N2O2.C16H21N3O.C16H19N3O.C16H24O4.C15H22N2O.C15H26O3.C15H24O3.CH4/c1-15(2)13-6-5-12-11-18-19(4)14(12)16(13,3)7-8-17(15)20-9-10-21-17;2*1-15(2)12-7-6-10-9-19(5)18-13(10)16(12,3)8-11(17-4)14(15)20;1-14(2)12-5-4-11(10-17)13(18)15(12,3)6-7-16(14)19-8-9-20-16;1-14(2)11-6-5-10-9-17(4)16-13(10)15(11,3)8-7-12(14)18;2*1-13(2)11-5-4-6-12(16)14(11,3)7-8-15(13)17-9-10-18-15;/h11,13H,5-10H2,1-4H3;9,12,20H,6-8H2,1-3,5H3;8-9,12H,6-7H2,1-3,5H3;10,12,17H,4-9H2,1-3H3;9,11H,5-8H2,1-4H3;11-12,16H,4-10H2,1-3H3;11H,4-10H2,1-3H3;1H4/b;;;11-10+;;;;/t13-,16-;2*12-,16-;12-,15-;11-,15-;11-,12-,14-;11-,14-;/m0000000./s1/i;;;;;;;1T. The highest BCUT2D eigenvalue weighted by Crippen LogP contribution is 2.69. The number of carbonyl (C=O) groups excluding carboxylic acids is 4. The lowest BCUT2D eigenvalue weighted by molar-refractivity contribution is -0.297. The summed E-state index contributed by atoms with van der Waals surface area (Å²) in [7, 11) is 9.21. The van der Waals surface area contributed by atoms with Gasteiger partial charge in [0.25, 0.3) is 0 Å². The minimum absolute atomic E-state index is 0.0160. The van der Waals surface area contributed by atoms with Crippen molar-refractivity contribution in [1.82, 2.24) is 39.1 Å². The van der Waals surface area contributed by atoms with Crippen LogP contribution in [0.2, 0.25) is 0 Å². The van der Waals surface area contributed by atoms with Gasteiger partial charge in [-0.1, -0.05) is 165 Å². The number of ketones is 4. The summed E-state index contributed by atoms with van der Waals surface area (Å²) in [6.07, 6.45) is 36.9. The van der Waals surface area contributed by atoms with Crippen molar-refractivity contribution < 1.29 is 73.8 Å². The number of ether oxygens (including phenoxy) is 8. The fraction of sp³-hybridized carbons (Fsp3) is 0.784. The van der Waals surface area contributed by atoms with Crippen molar-refractivity contribution >= 4 is 23.1 Å². The predicted molar refractivity (Wildman–Crippen MR) is 521 cm³/mol. The number of rotatable bonds is 0. The zero-order valence-corrected chi connectivity index (χ0v) is 87.5. The molecule has 4 aromatic heterocycles. The highest BCUT2D eigenvalue weighted by Gasteiger charge is 2.70. The molecule has 25 heteroatoms. The second-order valence-corrected chi connectivity index (χ2v) is 49.7. The molecule has 4 saturated heterocycles. The van der Waals surface area contributed by atoms with Crippen LogP contribution < -0.4 is 0 Å². The monoisotopic (exact) mass is 1880 g/mol. The summed E-state index contributed by atoms with van der Waals surface area (Å²) in [6, 6.07) is 0. The smallest absolute Gasteiger partial charge is 0.226 e. The Hall–Kier alpha value is -7.04. The van der Waals surface area contributed by atoms with Crippen LogP contribution in [0.25, 0.3) is 9.69 Å². The van der Waals surface area contributed by atoms with Gasteiger partial charge in [0.15, 0.2) is 34.7 Å². The Morgan fingerprint density at radius 1 is 0.419 bits per heavy atom. The van der Waals surface area contributed by atoms with Gasteiger partial charge in [0.05, 0.1) is 102 Å². The predicted octanol–water partition coefficient (Wildman–Crippen LogP) is 20.7. The molecule has 4 spiro atoms. The Bertz CT molecular complexity index is 5400. The first-order valence-electron chi connectivity index (χ1n) is 52.4. The fourth-order valence-corrected chi connectivity index (χ4v) is 32.9. The van der Waals surface area contributed by atoms with Crippen LogP contribution >= 0.6 is 0 Å². The van der Waals surface area contributed by atoms with E-state index >= 15 is 0 Å². The summed E-state index contributed by atoms with van der Waals surface area (Å²) in [5.41, 5.74) is 9.56. The number of aliphatic hydroxyl groups excluding tert-OH is 3. The third kappa shape index (κ3) is 15.8. The summed E-state index contributed by atoms with van der Waals surface area (Å²) in [5.74, 6) is 2.17. The molecule has 0 bridgehead atoms. The van der Waals surface area contributed by atoms with Crippen molar-refractivity contribution in [2.24, 2.45) is 124 Å². The van der Waals surface area contributed by atoms with Crippen molar-refractivity contribution in [3.05, 3.63) is 128 Å². The summed E-state index contributed by atoms with van der Waals surface area (Å²) in [4.78, 5) is 56.8. The number of allylic oxidation sites excluding steroid dienone is 5. The van der Waals surface area contributed by atoms with E-state index in [1.54, 1.807) is 0 Å². The van der Waals surface area contributed by atoms with Gasteiger partial charge in [0.2, 0.25) is 11.4 Å². The first-order chi connectivity index (χ1) is 64.1. The van der Waals surface area contributed by atoms with E-state index in [1.165, 1.54) is 53.9 Å². The number of carbonyl (C=O) groups is 4. The molecule has 750 valence electrons. The molecule has 136 heavy (non-hydrogen) atoms. The molecule has 0 radical (unpaired) electrons. The highest BCUT2D eigenvalue weighted by atomic mass is 16.8. The highest BCUT2D eigenvalue weighted by molar-refractivity contribution is 6.03. The zero-order chi connectivity index (χ0) is 100. The number of fused-ring (bicyclic) bond motifs is 15. The molecular weight excluding hydrogens is 1710 g/mol. The third-order valence-electron chi connectivity index (χ3n) is 40.4. The third-order valence-corrected chi connectivity index (χ3v) is 40.4. The molecule has 14 aliphatic carbocycles. The number of Topliss-reactive ketones (excluding diaryl/α,β-unsaturated/α-hetero) is 4. The number of hydrogen-bond acceptors (Lipinski definition) is 19. The Labute approximate surface area is 813 Å². The molecule has 0 amide bonds. The van der Waals surface area contributed by atoms with Crippen LogP contribution in [-0.2, 0) is 133 Å². The van der Waals surface area contributed by atoms with E-state index in [4.69, 9.17) is 57.5 Å². The van der Waals surface area contributed by atoms with E-state index in [-0.39, 0.29) is 112 Å². The first-order valence-corrected chi connectivity index (χ1v) is 51.4. The Morgan fingerprint density at radius 3 is 1.33 bits per heavy atom. The van der Waals surface area contributed by atoms with Crippen LogP contribution in [0.5, 0.6) is 0 Å². The van der Waals surface area contributed by atoms with Crippen molar-refractivity contribution in [2.75, 3.05) is 52.9 Å². The Balaban J connectivity index is 0.000000121. The molecule has 4 aliphatic heterocycles. The minimum atomic E-state index is -0.530. The lowest BCUT2D eigenvalue weighted by Crippen LogP contribution is -2.62. The molecule has 8 saturated carbocycles. The normalized spacial score (nSPS) is 37.1. The van der Waals surface area contributed by atoms with Crippen LogP contribution in [-0.4, -0.2) is 160 Å². The average molecular weight is 1880 g/mol. The number of nitrogens with zero attached hydrogens (tertiary/aromatic N) is 10. The van der Waals surface area contributed by atoms with Crippen LogP contribution in [0, 0.1) is 109 Å². The van der Waals surface area contributed by atoms with E-state index < -0.39 is 28.2 Å². The molecule has 22 rings (SSSR count). The summed E-state index contributed by atoms with van der Waals surface area (Å²) in [6.45, 7) is 66.2. The molecular formula is C111H166N10O15. The lowest BCUT2D eigenvalue weighted by Gasteiger charge is -2.61. The maximum absolute atomic E-state index is 12.7. The lowest BCUT2D eigenvalue weighted by atomic mass is 9.48. The second kappa shape index (κ2) is 35.8. The average Bonchev–Trinajstić information content (AvgIpc) is 1.70. The van der Waals surface area contributed by atoms with E-state index in [9.17, 15) is 34.5 Å². The van der Waals surface area contributed by atoms with E-state index in [0.717, 1.165) is 185 Å². The maximum Gasteiger partial charge on any atom is 0.226 e. The van der Waals surface area contributed by atoms with E-state index in [0.29, 0.717) is 98.1 Å². The summed E-state index contributed by atoms with van der Waals surface area (Å²) < 4.78 is 61.8. The number of aryl methyl sites for hydroxylation is 8. The number of aliphatic hydroxyl groups is 3. The molecule has 0 aromatic carbocycles. The second-order valence-electron chi connectivity index (χ2n) is 49.7. The Morgan fingerprint density at radius 2 is 0.831 bits per heavy atom. The molecule has 18 aliphatic rings. The quantitative estimate of drug-likeness (QED) is 0.0838. The topological polar surface area (TPSA) is 283 Å². The largest absolute Gasteiger partial charge is 0.523 e.